The first-order valence-corrected chi connectivity index (χ1v) is 6.02. The monoisotopic (exact) mass is 245 g/mol. The van der Waals surface area contributed by atoms with Crippen LogP contribution in [0.1, 0.15) is 22.6 Å². The van der Waals surface area contributed by atoms with E-state index in [1.165, 1.54) is 0 Å². The Balaban J connectivity index is 2.15. The summed E-state index contributed by atoms with van der Waals surface area (Å²) in [4.78, 5) is 6.53. The van der Waals surface area contributed by atoms with E-state index in [1.807, 2.05) is 39.2 Å². The molecule has 2 N–H and O–H groups in total. The molecule has 0 radical (unpaired) electrons. The predicted molar refractivity (Wildman–Crippen MR) is 72.4 cm³/mol. The van der Waals surface area contributed by atoms with E-state index in [9.17, 15) is 0 Å². The minimum absolute atomic E-state index is 0.523. The van der Waals surface area contributed by atoms with Gasteiger partial charge >= 0.3 is 0 Å². The Hall–Kier alpha value is -1.81. The number of aromatic nitrogens is 1. The lowest BCUT2D eigenvalue weighted by molar-refractivity contribution is 0.481. The van der Waals surface area contributed by atoms with Crippen LogP contribution in [-0.4, -0.2) is 12.0 Å². The molecule has 4 nitrogen and oxygen atoms in total. The molecule has 0 bridgehead atoms. The van der Waals surface area contributed by atoms with Crippen molar-refractivity contribution in [1.82, 2.24) is 4.98 Å². The summed E-state index contributed by atoms with van der Waals surface area (Å²) in [5, 5.41) is 0. The van der Waals surface area contributed by atoms with E-state index >= 15 is 0 Å². The molecule has 0 aliphatic rings. The molecule has 0 fully saturated rings. The highest BCUT2D eigenvalue weighted by atomic mass is 16.3. The molecular formula is C14H19N3O. The van der Waals surface area contributed by atoms with Crippen LogP contribution in [-0.2, 0) is 13.1 Å². The number of nitrogens with two attached hydrogens (primary N) is 1. The fraction of sp³-hybridized carbons (Fsp3) is 0.357. The van der Waals surface area contributed by atoms with Crippen molar-refractivity contribution < 1.29 is 4.42 Å². The van der Waals surface area contributed by atoms with Gasteiger partial charge in [-0.3, -0.25) is 0 Å². The van der Waals surface area contributed by atoms with E-state index in [-0.39, 0.29) is 0 Å². The highest BCUT2D eigenvalue weighted by Crippen LogP contribution is 2.19. The van der Waals surface area contributed by atoms with Crippen molar-refractivity contribution in [3.8, 4) is 0 Å². The van der Waals surface area contributed by atoms with Crippen LogP contribution in [0.2, 0.25) is 0 Å². The first-order chi connectivity index (χ1) is 8.60. The molecule has 0 aromatic carbocycles. The second-order valence-corrected chi connectivity index (χ2v) is 4.56. The molecule has 96 valence electrons. The lowest BCUT2D eigenvalue weighted by Gasteiger charge is -2.19. The van der Waals surface area contributed by atoms with Crippen LogP contribution in [0.25, 0.3) is 0 Å². The molecule has 0 amide bonds. The normalized spacial score (nSPS) is 10.7. The Morgan fingerprint density at radius 3 is 2.67 bits per heavy atom. The molecule has 18 heavy (non-hydrogen) atoms. The molecule has 4 heteroatoms. The number of hydrogen-bond acceptors (Lipinski definition) is 4. The van der Waals surface area contributed by atoms with Crippen molar-refractivity contribution in [2.45, 2.75) is 26.9 Å². The van der Waals surface area contributed by atoms with Crippen molar-refractivity contribution in [2.24, 2.45) is 5.73 Å². The summed E-state index contributed by atoms with van der Waals surface area (Å²) in [6.07, 6.45) is 1.83. The third kappa shape index (κ3) is 2.71. The molecule has 0 spiro atoms. The molecule has 2 heterocycles. The summed E-state index contributed by atoms with van der Waals surface area (Å²) in [5.74, 6) is 2.84. The second-order valence-electron chi connectivity index (χ2n) is 4.56. The summed E-state index contributed by atoms with van der Waals surface area (Å²) in [6.45, 7) is 5.23. The molecule has 2 aromatic rings. The van der Waals surface area contributed by atoms with Crippen molar-refractivity contribution >= 4 is 5.82 Å². The fourth-order valence-electron chi connectivity index (χ4n) is 2.02. The number of nitrogens with zero attached hydrogens (tertiary/aromatic N) is 2. The molecule has 0 aliphatic heterocycles. The van der Waals surface area contributed by atoms with Crippen LogP contribution in [0.15, 0.2) is 28.8 Å². The average Bonchev–Trinajstić information content (AvgIpc) is 2.74. The van der Waals surface area contributed by atoms with E-state index in [0.717, 1.165) is 28.5 Å². The van der Waals surface area contributed by atoms with Crippen molar-refractivity contribution in [1.29, 1.82) is 0 Å². The topological polar surface area (TPSA) is 55.3 Å². The third-order valence-electron chi connectivity index (χ3n) is 2.89. The number of furan rings is 1. The van der Waals surface area contributed by atoms with Gasteiger partial charge in [-0.1, -0.05) is 0 Å². The van der Waals surface area contributed by atoms with Gasteiger partial charge in [0.2, 0.25) is 0 Å². The zero-order valence-corrected chi connectivity index (χ0v) is 11.1. The average molecular weight is 245 g/mol. The molecule has 2 rings (SSSR count). The minimum Gasteiger partial charge on any atom is -0.464 e. The van der Waals surface area contributed by atoms with Crippen LogP contribution in [0.3, 0.4) is 0 Å². The Labute approximate surface area is 107 Å². The van der Waals surface area contributed by atoms with Crippen molar-refractivity contribution in [2.75, 3.05) is 11.9 Å². The van der Waals surface area contributed by atoms with Gasteiger partial charge in [0.05, 0.1) is 6.54 Å². The maximum absolute atomic E-state index is 5.60. The number of aryl methyl sites for hydroxylation is 2. The predicted octanol–water partition coefficient (Wildman–Crippen LogP) is 2.39. The summed E-state index contributed by atoms with van der Waals surface area (Å²) < 4.78 is 5.57. The van der Waals surface area contributed by atoms with Gasteiger partial charge in [-0.05, 0) is 43.2 Å². The van der Waals surface area contributed by atoms with Crippen LogP contribution >= 0.6 is 0 Å². The van der Waals surface area contributed by atoms with Gasteiger partial charge in [0.1, 0.15) is 17.3 Å². The minimum atomic E-state index is 0.523. The Bertz CT molecular complexity index is 534. The van der Waals surface area contributed by atoms with Gasteiger partial charge in [-0.2, -0.15) is 0 Å². The molecule has 0 atom stereocenters. The second kappa shape index (κ2) is 5.23. The van der Waals surface area contributed by atoms with Gasteiger partial charge in [0, 0.05) is 19.8 Å². The van der Waals surface area contributed by atoms with E-state index in [2.05, 4.69) is 16.0 Å². The zero-order valence-electron chi connectivity index (χ0n) is 11.1. The van der Waals surface area contributed by atoms with E-state index < -0.39 is 0 Å². The molecular weight excluding hydrogens is 226 g/mol. The smallest absolute Gasteiger partial charge is 0.131 e. The van der Waals surface area contributed by atoms with Gasteiger partial charge in [-0.25, -0.2) is 4.98 Å². The van der Waals surface area contributed by atoms with Crippen LogP contribution < -0.4 is 10.6 Å². The Morgan fingerprint density at radius 1 is 1.33 bits per heavy atom. The van der Waals surface area contributed by atoms with Crippen LogP contribution in [0.5, 0.6) is 0 Å². The van der Waals surface area contributed by atoms with E-state index in [0.29, 0.717) is 13.1 Å². The zero-order chi connectivity index (χ0) is 13.1. The standard InChI is InChI=1S/C14H19N3O/c1-10-6-12(7-15)8-16-14(10)17(3)9-13-5-4-11(2)18-13/h4-6,8H,7,9,15H2,1-3H3. The highest BCUT2D eigenvalue weighted by molar-refractivity contribution is 5.46. The molecule has 0 saturated carbocycles. The summed E-state index contributed by atoms with van der Waals surface area (Å²) >= 11 is 0. The quantitative estimate of drug-likeness (QED) is 0.898. The third-order valence-corrected chi connectivity index (χ3v) is 2.89. The van der Waals surface area contributed by atoms with Crippen LogP contribution in [0, 0.1) is 13.8 Å². The first-order valence-electron chi connectivity index (χ1n) is 6.02. The van der Waals surface area contributed by atoms with E-state index in [4.69, 9.17) is 10.2 Å². The first kappa shape index (κ1) is 12.6. The lowest BCUT2D eigenvalue weighted by Crippen LogP contribution is -2.18. The summed E-state index contributed by atoms with van der Waals surface area (Å²) in [5.41, 5.74) is 7.79. The molecule has 0 unspecified atom stereocenters. The van der Waals surface area contributed by atoms with Gasteiger partial charge < -0.3 is 15.1 Å². The van der Waals surface area contributed by atoms with Crippen molar-refractivity contribution in [3.63, 3.8) is 0 Å². The van der Waals surface area contributed by atoms with Gasteiger partial charge in [0.15, 0.2) is 0 Å². The largest absolute Gasteiger partial charge is 0.464 e. The van der Waals surface area contributed by atoms with Gasteiger partial charge in [0.25, 0.3) is 0 Å². The number of pyridine rings is 1. The highest BCUT2D eigenvalue weighted by Gasteiger charge is 2.09. The Morgan fingerprint density at radius 2 is 2.11 bits per heavy atom. The summed E-state index contributed by atoms with van der Waals surface area (Å²) in [7, 11) is 2.01. The Kier molecular flexibility index (Phi) is 3.67. The molecule has 2 aromatic heterocycles. The summed E-state index contributed by atoms with van der Waals surface area (Å²) in [6, 6.07) is 6.04. The van der Waals surface area contributed by atoms with Gasteiger partial charge in [-0.15, -0.1) is 0 Å². The van der Waals surface area contributed by atoms with Crippen molar-refractivity contribution in [3.05, 3.63) is 47.0 Å². The van der Waals surface area contributed by atoms with Crippen LogP contribution in [0.4, 0.5) is 5.82 Å². The van der Waals surface area contributed by atoms with E-state index in [1.54, 1.807) is 0 Å². The molecule has 0 aliphatic carbocycles. The maximum atomic E-state index is 5.60. The lowest BCUT2D eigenvalue weighted by atomic mass is 10.2. The maximum Gasteiger partial charge on any atom is 0.131 e. The number of anilines is 1. The SMILES string of the molecule is Cc1ccc(CN(C)c2ncc(CN)cc2C)o1. The fourth-order valence-corrected chi connectivity index (χ4v) is 2.02. The number of hydrogen-bond donors (Lipinski definition) is 1. The molecule has 0 saturated heterocycles. The number of rotatable bonds is 4.